The number of likely N-dealkylation sites (N-methyl/N-ethyl adjacent to an activating group) is 1. The predicted molar refractivity (Wildman–Crippen MR) is 295 cm³/mol. The first-order valence-corrected chi connectivity index (χ1v) is 31.2. The molecule has 0 saturated carbocycles. The lowest BCUT2D eigenvalue weighted by molar-refractivity contribution is -0.870. The molecule has 0 aliphatic heterocycles. The van der Waals surface area contributed by atoms with Crippen molar-refractivity contribution in [1.82, 2.24) is 5.32 Å². The molecule has 0 aromatic heterocycles. The maximum absolute atomic E-state index is 13.0. The minimum atomic E-state index is -4.35. The van der Waals surface area contributed by atoms with Crippen LogP contribution in [0.1, 0.15) is 296 Å². The number of carbonyl (C=O) groups is 1. The summed E-state index contributed by atoms with van der Waals surface area (Å²) in [4.78, 5) is 23.3. The summed E-state index contributed by atoms with van der Waals surface area (Å²) < 4.78 is 23.7. The Balaban J connectivity index is 4.16. The van der Waals surface area contributed by atoms with E-state index in [1.165, 1.54) is 244 Å². The van der Waals surface area contributed by atoms with Crippen molar-refractivity contribution in [1.29, 1.82) is 0 Å². The van der Waals surface area contributed by atoms with E-state index in [9.17, 15) is 19.4 Å². The van der Waals surface area contributed by atoms with Gasteiger partial charge in [-0.3, -0.25) is 13.8 Å². The zero-order valence-corrected chi connectivity index (χ0v) is 47.0. The number of nitrogens with zero attached hydrogens (tertiary/aromatic N) is 1. The number of hydrogen-bond acceptors (Lipinski definition) is 5. The van der Waals surface area contributed by atoms with E-state index >= 15 is 0 Å². The van der Waals surface area contributed by atoms with E-state index in [2.05, 4.69) is 31.3 Å². The molecule has 0 rings (SSSR count). The summed E-state index contributed by atoms with van der Waals surface area (Å²) in [5.74, 6) is -0.175. The predicted octanol–water partition coefficient (Wildman–Crippen LogP) is 18.0. The molecule has 0 aromatic carbocycles. The summed E-state index contributed by atoms with van der Waals surface area (Å²) in [7, 11) is 1.58. The molecule has 1 amide bonds. The summed E-state index contributed by atoms with van der Waals surface area (Å²) >= 11 is 0. The number of rotatable bonds is 55. The van der Waals surface area contributed by atoms with Gasteiger partial charge in [0.1, 0.15) is 13.2 Å². The lowest BCUT2D eigenvalue weighted by Gasteiger charge is -2.25. The van der Waals surface area contributed by atoms with Gasteiger partial charge in [-0.05, 0) is 44.9 Å². The van der Waals surface area contributed by atoms with E-state index in [4.69, 9.17) is 9.05 Å². The number of quaternary nitrogens is 1. The maximum Gasteiger partial charge on any atom is 0.472 e. The Morgan fingerprint density at radius 3 is 1.13 bits per heavy atom. The second-order valence-electron chi connectivity index (χ2n) is 21.7. The second-order valence-corrected chi connectivity index (χ2v) is 23.2. The van der Waals surface area contributed by atoms with Crippen LogP contribution in [0.4, 0.5) is 0 Å². The molecule has 404 valence electrons. The second kappa shape index (κ2) is 50.9. The van der Waals surface area contributed by atoms with Gasteiger partial charge in [0.15, 0.2) is 0 Å². The molecule has 8 nitrogen and oxygen atoms in total. The Kier molecular flexibility index (Phi) is 50.1. The van der Waals surface area contributed by atoms with Gasteiger partial charge in [-0.1, -0.05) is 269 Å². The van der Waals surface area contributed by atoms with Gasteiger partial charge in [0, 0.05) is 6.42 Å². The van der Waals surface area contributed by atoms with Crippen LogP contribution in [0.2, 0.25) is 0 Å². The van der Waals surface area contributed by atoms with E-state index in [0.717, 1.165) is 32.1 Å². The Morgan fingerprint density at radius 1 is 0.485 bits per heavy atom. The van der Waals surface area contributed by atoms with Gasteiger partial charge in [-0.25, -0.2) is 4.57 Å². The van der Waals surface area contributed by atoms with E-state index in [1.807, 2.05) is 27.2 Å². The van der Waals surface area contributed by atoms with Crippen molar-refractivity contribution in [3.63, 3.8) is 0 Å². The lowest BCUT2D eigenvalue weighted by atomic mass is 10.0. The summed E-state index contributed by atoms with van der Waals surface area (Å²) in [5, 5.41) is 14.0. The molecule has 0 radical (unpaired) electrons. The fourth-order valence-electron chi connectivity index (χ4n) is 8.98. The number of allylic oxidation sites excluding steroid dienone is 3. The Morgan fingerprint density at radius 2 is 0.794 bits per heavy atom. The van der Waals surface area contributed by atoms with Crippen molar-refractivity contribution < 1.29 is 32.9 Å². The number of nitrogens with one attached hydrogen (secondary N) is 1. The summed E-state index contributed by atoms with van der Waals surface area (Å²) in [5.41, 5.74) is 0. The largest absolute Gasteiger partial charge is 0.472 e. The van der Waals surface area contributed by atoms with Crippen LogP contribution in [0, 0.1) is 0 Å². The van der Waals surface area contributed by atoms with Gasteiger partial charge in [0.25, 0.3) is 0 Å². The zero-order chi connectivity index (χ0) is 49.9. The highest BCUT2D eigenvalue weighted by Gasteiger charge is 2.27. The molecule has 0 heterocycles. The highest BCUT2D eigenvalue weighted by Crippen LogP contribution is 2.43. The molecule has 0 bridgehead atoms. The van der Waals surface area contributed by atoms with Gasteiger partial charge in [0.2, 0.25) is 5.91 Å². The monoisotopic (exact) mass is 982 g/mol. The van der Waals surface area contributed by atoms with E-state index in [0.29, 0.717) is 17.4 Å². The number of amides is 1. The lowest BCUT2D eigenvalue weighted by Crippen LogP contribution is -2.45. The summed E-state index contributed by atoms with van der Waals surface area (Å²) in [6, 6.07) is -0.846. The Labute approximate surface area is 424 Å². The number of phosphoric ester groups is 1. The number of unbranched alkanes of at least 4 members (excludes halogenated alkanes) is 40. The van der Waals surface area contributed by atoms with Crippen molar-refractivity contribution in [3.8, 4) is 0 Å². The number of hydrogen-bond donors (Lipinski definition) is 3. The average molecular weight is 983 g/mol. The molecule has 3 N–H and O–H groups in total. The van der Waals surface area contributed by atoms with Gasteiger partial charge < -0.3 is 19.8 Å². The molecular formula is C59H118N2O6P+. The van der Waals surface area contributed by atoms with Crippen molar-refractivity contribution in [2.45, 2.75) is 309 Å². The van der Waals surface area contributed by atoms with Gasteiger partial charge >= 0.3 is 7.82 Å². The zero-order valence-electron chi connectivity index (χ0n) is 46.1. The molecule has 0 spiro atoms. The normalized spacial score (nSPS) is 14.0. The van der Waals surface area contributed by atoms with E-state index in [-0.39, 0.29) is 19.1 Å². The van der Waals surface area contributed by atoms with Gasteiger partial charge in [0.05, 0.1) is 39.9 Å². The molecule has 3 unspecified atom stereocenters. The van der Waals surface area contributed by atoms with Crippen LogP contribution in [0.3, 0.4) is 0 Å². The van der Waals surface area contributed by atoms with E-state index < -0.39 is 20.0 Å². The number of phosphoric acid groups is 1. The molecule has 0 aliphatic rings. The topological polar surface area (TPSA) is 105 Å². The summed E-state index contributed by atoms with van der Waals surface area (Å²) in [6.45, 7) is 4.85. The average Bonchev–Trinajstić information content (AvgIpc) is 3.30. The van der Waals surface area contributed by atoms with Crippen LogP contribution in [-0.4, -0.2) is 73.4 Å². The molecule has 0 aromatic rings. The number of aliphatic hydroxyl groups is 1. The summed E-state index contributed by atoms with van der Waals surface area (Å²) in [6.07, 6.45) is 64.2. The van der Waals surface area contributed by atoms with Crippen LogP contribution < -0.4 is 5.32 Å². The van der Waals surface area contributed by atoms with Crippen molar-refractivity contribution in [2.24, 2.45) is 0 Å². The highest BCUT2D eigenvalue weighted by molar-refractivity contribution is 7.47. The molecule has 0 aliphatic carbocycles. The quantitative estimate of drug-likeness (QED) is 0.0243. The molecule has 0 saturated heterocycles. The van der Waals surface area contributed by atoms with Crippen LogP contribution in [0.25, 0.3) is 0 Å². The standard InChI is InChI=1S/C59H117N2O6P/c1-6-8-10-12-14-16-18-20-22-24-26-27-28-29-30-31-32-33-35-36-38-40-42-44-46-48-50-52-58(62)57(56-67-68(64,65)66-55-54-61(3,4)5)60-59(63)53-51-49-47-45-43-41-39-37-34-25-23-21-19-17-15-13-11-9-7-2/h21,23,50,52,57-58,62H,6-20,22,24-49,51,53-56H2,1-5H3,(H-,60,63,64,65)/p+1/b23-21-,52-50+. The third-order valence-electron chi connectivity index (χ3n) is 13.7. The maximum atomic E-state index is 13.0. The van der Waals surface area contributed by atoms with Crippen LogP contribution in [0.5, 0.6) is 0 Å². The first-order chi connectivity index (χ1) is 33.0. The number of aliphatic hydroxyl groups excluding tert-OH is 1. The van der Waals surface area contributed by atoms with Gasteiger partial charge in [-0.2, -0.15) is 0 Å². The van der Waals surface area contributed by atoms with Crippen LogP contribution in [-0.2, 0) is 18.4 Å². The third kappa shape index (κ3) is 52.8. The fraction of sp³-hybridized carbons (Fsp3) is 0.915. The SMILES string of the molecule is CCCCCCCC/C=C\CCCCCCCCCCCC(=O)NC(COP(=O)(O)OCC[N+](C)(C)C)C(O)/C=C/CCCCCCCCCCCCCCCCCCCCCCCCCCC. The minimum absolute atomic E-state index is 0.0629. The Hall–Kier alpha value is -1.02. The first-order valence-electron chi connectivity index (χ1n) is 29.7. The van der Waals surface area contributed by atoms with Crippen LogP contribution in [0.15, 0.2) is 24.3 Å². The molecule has 3 atom stereocenters. The van der Waals surface area contributed by atoms with Gasteiger partial charge in [-0.15, -0.1) is 0 Å². The van der Waals surface area contributed by atoms with Crippen molar-refractivity contribution >= 4 is 13.7 Å². The fourth-order valence-corrected chi connectivity index (χ4v) is 9.72. The van der Waals surface area contributed by atoms with Crippen molar-refractivity contribution in [2.75, 3.05) is 40.9 Å². The smallest absolute Gasteiger partial charge is 0.387 e. The molecule has 68 heavy (non-hydrogen) atoms. The first kappa shape index (κ1) is 67.0. The Bertz CT molecular complexity index is 1160. The highest BCUT2D eigenvalue weighted by atomic mass is 31.2. The molecule has 9 heteroatoms. The van der Waals surface area contributed by atoms with Crippen molar-refractivity contribution in [3.05, 3.63) is 24.3 Å². The van der Waals surface area contributed by atoms with E-state index in [1.54, 1.807) is 6.08 Å². The third-order valence-corrected chi connectivity index (χ3v) is 14.6. The van der Waals surface area contributed by atoms with Crippen LogP contribution >= 0.6 is 7.82 Å². The molecule has 0 fully saturated rings. The minimum Gasteiger partial charge on any atom is -0.387 e. The number of carbonyl (C=O) groups excluding carboxylic acids is 1. The molecular weight excluding hydrogens is 864 g/mol.